The second-order valence-corrected chi connectivity index (χ2v) is 7.08. The molecule has 3 rings (SSSR count). The Morgan fingerprint density at radius 1 is 1.35 bits per heavy atom. The third kappa shape index (κ3) is 3.14. The number of piperidine rings is 1. The first-order chi connectivity index (χ1) is 9.55. The summed E-state index contributed by atoms with van der Waals surface area (Å²) in [7, 11) is 0. The molecule has 0 bridgehead atoms. The summed E-state index contributed by atoms with van der Waals surface area (Å²) >= 11 is 0. The molecule has 1 saturated carbocycles. The third-order valence-electron chi connectivity index (χ3n) is 4.48. The number of benzene rings is 1. The quantitative estimate of drug-likeness (QED) is 0.902. The maximum absolute atomic E-state index is 14.2. The van der Waals surface area contributed by atoms with Gasteiger partial charge in [-0.25, -0.2) is 4.39 Å². The largest absolute Gasteiger partial charge is 0.371 e. The number of nitrogens with one attached hydrogen (secondary N) is 1. The van der Waals surface area contributed by atoms with E-state index in [-0.39, 0.29) is 5.82 Å². The van der Waals surface area contributed by atoms with Crippen molar-refractivity contribution in [3.63, 3.8) is 0 Å². The lowest BCUT2D eigenvalue weighted by atomic mass is 9.84. The van der Waals surface area contributed by atoms with Crippen LogP contribution in [0, 0.1) is 11.2 Å². The summed E-state index contributed by atoms with van der Waals surface area (Å²) in [6.07, 6.45) is 4.93. The van der Waals surface area contributed by atoms with Crippen LogP contribution >= 0.6 is 0 Å². The van der Waals surface area contributed by atoms with Crippen molar-refractivity contribution in [1.82, 2.24) is 5.32 Å². The first-order valence-electron chi connectivity index (χ1n) is 7.81. The van der Waals surface area contributed by atoms with Crippen molar-refractivity contribution in [1.29, 1.82) is 0 Å². The van der Waals surface area contributed by atoms with E-state index >= 15 is 0 Å². The topological polar surface area (TPSA) is 15.3 Å². The maximum Gasteiger partial charge on any atom is 0.129 e. The highest BCUT2D eigenvalue weighted by molar-refractivity contribution is 5.54. The van der Waals surface area contributed by atoms with Crippen molar-refractivity contribution in [3.8, 4) is 0 Å². The fourth-order valence-corrected chi connectivity index (χ4v) is 3.18. The van der Waals surface area contributed by atoms with Gasteiger partial charge in [-0.3, -0.25) is 0 Å². The Bertz CT molecular complexity index is 480. The van der Waals surface area contributed by atoms with Gasteiger partial charge in [0.25, 0.3) is 0 Å². The highest BCUT2D eigenvalue weighted by Gasteiger charge is 2.28. The van der Waals surface area contributed by atoms with Crippen molar-refractivity contribution in [2.24, 2.45) is 5.41 Å². The minimum absolute atomic E-state index is 0.0703. The van der Waals surface area contributed by atoms with Gasteiger partial charge in [-0.1, -0.05) is 19.9 Å². The van der Waals surface area contributed by atoms with E-state index in [1.807, 2.05) is 6.07 Å². The molecular formula is C17H25FN2. The Balaban J connectivity index is 1.81. The maximum atomic E-state index is 14.2. The molecule has 2 nitrogen and oxygen atoms in total. The molecule has 0 atom stereocenters. The molecule has 1 aromatic carbocycles. The van der Waals surface area contributed by atoms with Crippen LogP contribution in [0.3, 0.4) is 0 Å². The van der Waals surface area contributed by atoms with Crippen LogP contribution in [-0.2, 0) is 6.54 Å². The molecular weight excluding hydrogens is 251 g/mol. The SMILES string of the molecule is CC1(C)CCCN(c2cccc(F)c2CNC2CC2)C1. The first kappa shape index (κ1) is 13.9. The average Bonchev–Trinajstić information content (AvgIpc) is 3.20. The first-order valence-corrected chi connectivity index (χ1v) is 7.81. The van der Waals surface area contributed by atoms with Crippen molar-refractivity contribution in [2.75, 3.05) is 18.0 Å². The molecule has 1 N–H and O–H groups in total. The van der Waals surface area contributed by atoms with Crippen LogP contribution in [0.5, 0.6) is 0 Å². The molecule has 1 aliphatic heterocycles. The highest BCUT2D eigenvalue weighted by Crippen LogP contribution is 2.34. The monoisotopic (exact) mass is 276 g/mol. The molecule has 1 heterocycles. The predicted octanol–water partition coefficient (Wildman–Crippen LogP) is 3.70. The fraction of sp³-hybridized carbons (Fsp3) is 0.647. The van der Waals surface area contributed by atoms with Crippen LogP contribution in [0.15, 0.2) is 18.2 Å². The van der Waals surface area contributed by atoms with Gasteiger partial charge in [-0.05, 0) is 43.2 Å². The third-order valence-corrected chi connectivity index (χ3v) is 4.48. The Labute approximate surface area is 121 Å². The Kier molecular flexibility index (Phi) is 3.72. The average molecular weight is 276 g/mol. The molecule has 0 radical (unpaired) electrons. The van der Waals surface area contributed by atoms with E-state index in [0.717, 1.165) is 24.3 Å². The lowest BCUT2D eigenvalue weighted by molar-refractivity contribution is 0.292. The van der Waals surface area contributed by atoms with Crippen LogP contribution < -0.4 is 10.2 Å². The molecule has 0 amide bonds. The van der Waals surface area contributed by atoms with Crippen LogP contribution in [0.25, 0.3) is 0 Å². The summed E-state index contributed by atoms with van der Waals surface area (Å²) in [5.41, 5.74) is 2.26. The minimum atomic E-state index is -0.0703. The summed E-state index contributed by atoms with van der Waals surface area (Å²) in [6.45, 7) is 7.33. The van der Waals surface area contributed by atoms with Gasteiger partial charge in [0.05, 0.1) is 0 Å². The summed E-state index contributed by atoms with van der Waals surface area (Å²) in [5.74, 6) is -0.0703. The molecule has 1 aromatic rings. The normalized spacial score (nSPS) is 22.1. The molecule has 1 saturated heterocycles. The number of rotatable bonds is 4. The standard InChI is InChI=1S/C17H25FN2/c1-17(2)9-4-10-20(12-17)16-6-3-5-15(18)14(16)11-19-13-7-8-13/h3,5-6,13,19H,4,7-12H2,1-2H3. The van der Waals surface area contributed by atoms with E-state index in [0.29, 0.717) is 18.0 Å². The Morgan fingerprint density at radius 3 is 2.85 bits per heavy atom. The van der Waals surface area contributed by atoms with Crippen LogP contribution in [0.1, 0.15) is 45.1 Å². The molecule has 110 valence electrons. The number of halogens is 1. The van der Waals surface area contributed by atoms with Gasteiger partial charge in [-0.15, -0.1) is 0 Å². The van der Waals surface area contributed by atoms with E-state index in [1.165, 1.54) is 25.7 Å². The van der Waals surface area contributed by atoms with Gasteiger partial charge in [-0.2, -0.15) is 0 Å². The zero-order valence-corrected chi connectivity index (χ0v) is 12.6. The van der Waals surface area contributed by atoms with E-state index < -0.39 is 0 Å². The van der Waals surface area contributed by atoms with Gasteiger partial charge >= 0.3 is 0 Å². The zero-order chi connectivity index (χ0) is 14.2. The summed E-state index contributed by atoms with van der Waals surface area (Å²) < 4.78 is 14.2. The molecule has 20 heavy (non-hydrogen) atoms. The Morgan fingerprint density at radius 2 is 2.15 bits per heavy atom. The van der Waals surface area contributed by atoms with Crippen molar-refractivity contribution < 1.29 is 4.39 Å². The highest BCUT2D eigenvalue weighted by atomic mass is 19.1. The predicted molar refractivity (Wildman–Crippen MR) is 81.5 cm³/mol. The molecule has 2 aliphatic rings. The number of anilines is 1. The molecule has 0 aromatic heterocycles. The minimum Gasteiger partial charge on any atom is -0.371 e. The summed E-state index contributed by atoms with van der Waals surface area (Å²) in [6, 6.07) is 6.12. The smallest absolute Gasteiger partial charge is 0.129 e. The van der Waals surface area contributed by atoms with Gasteiger partial charge in [0.2, 0.25) is 0 Å². The zero-order valence-electron chi connectivity index (χ0n) is 12.6. The number of hydrogen-bond acceptors (Lipinski definition) is 2. The number of nitrogens with zero attached hydrogens (tertiary/aromatic N) is 1. The van der Waals surface area contributed by atoms with Crippen molar-refractivity contribution in [3.05, 3.63) is 29.6 Å². The number of hydrogen-bond donors (Lipinski definition) is 1. The Hall–Kier alpha value is -1.09. The summed E-state index contributed by atoms with van der Waals surface area (Å²) in [5, 5.41) is 3.45. The molecule has 3 heteroatoms. The van der Waals surface area contributed by atoms with E-state index in [9.17, 15) is 4.39 Å². The van der Waals surface area contributed by atoms with Crippen LogP contribution in [-0.4, -0.2) is 19.1 Å². The lowest BCUT2D eigenvalue weighted by Crippen LogP contribution is -2.40. The van der Waals surface area contributed by atoms with Gasteiger partial charge in [0.1, 0.15) is 5.82 Å². The molecule has 0 spiro atoms. The van der Waals surface area contributed by atoms with E-state index in [1.54, 1.807) is 6.07 Å². The molecule has 2 fully saturated rings. The van der Waals surface area contributed by atoms with Crippen molar-refractivity contribution in [2.45, 2.75) is 52.1 Å². The van der Waals surface area contributed by atoms with Gasteiger partial charge in [0, 0.05) is 36.9 Å². The van der Waals surface area contributed by atoms with Crippen molar-refractivity contribution >= 4 is 5.69 Å². The van der Waals surface area contributed by atoms with Gasteiger partial charge in [0.15, 0.2) is 0 Å². The van der Waals surface area contributed by atoms with E-state index in [2.05, 4.69) is 30.1 Å². The fourth-order valence-electron chi connectivity index (χ4n) is 3.18. The van der Waals surface area contributed by atoms with E-state index in [4.69, 9.17) is 0 Å². The van der Waals surface area contributed by atoms with Crippen LogP contribution in [0.2, 0.25) is 0 Å². The molecule has 0 unspecified atom stereocenters. The molecule has 1 aliphatic carbocycles. The van der Waals surface area contributed by atoms with Gasteiger partial charge < -0.3 is 10.2 Å². The lowest BCUT2D eigenvalue weighted by Gasteiger charge is -2.40. The second kappa shape index (κ2) is 5.36. The second-order valence-electron chi connectivity index (χ2n) is 7.08. The van der Waals surface area contributed by atoms with Crippen LogP contribution in [0.4, 0.5) is 10.1 Å². The summed E-state index contributed by atoms with van der Waals surface area (Å²) in [4.78, 5) is 2.37.